The summed E-state index contributed by atoms with van der Waals surface area (Å²) in [5.74, 6) is 1.01. The smallest absolute Gasteiger partial charge is 0.316 e. The first kappa shape index (κ1) is 18.7. The molecule has 0 spiro atoms. The molecular weight excluding hydrogens is 378 g/mol. The fourth-order valence-electron chi connectivity index (χ4n) is 2.63. The zero-order valence-electron chi connectivity index (χ0n) is 14.4. The molecule has 26 heavy (non-hydrogen) atoms. The highest BCUT2D eigenvalue weighted by atomic mass is 32.2. The molecule has 1 atom stereocenters. The number of hydrogen-bond donors (Lipinski definition) is 0. The molecule has 0 bridgehead atoms. The SMILES string of the molecule is COc1ccc(-c2nnc(SCC(=O)O[C@H]3CCS(=O)(=O)C3)n2C)cc1. The number of methoxy groups -OCH3 is 1. The van der Waals surface area contributed by atoms with Crippen molar-refractivity contribution < 1.29 is 22.7 Å². The molecule has 1 saturated heterocycles. The van der Waals surface area contributed by atoms with E-state index in [0.717, 1.165) is 11.3 Å². The van der Waals surface area contributed by atoms with Crippen LogP contribution in [0.2, 0.25) is 0 Å². The summed E-state index contributed by atoms with van der Waals surface area (Å²) >= 11 is 1.20. The van der Waals surface area contributed by atoms with Crippen LogP contribution < -0.4 is 4.74 Å². The maximum atomic E-state index is 11.9. The third kappa shape index (κ3) is 4.36. The van der Waals surface area contributed by atoms with Crippen LogP contribution in [-0.2, 0) is 26.4 Å². The van der Waals surface area contributed by atoms with Crippen molar-refractivity contribution in [3.05, 3.63) is 24.3 Å². The van der Waals surface area contributed by atoms with Crippen LogP contribution in [0.25, 0.3) is 11.4 Å². The average molecular weight is 397 g/mol. The van der Waals surface area contributed by atoms with Gasteiger partial charge in [0.15, 0.2) is 20.8 Å². The van der Waals surface area contributed by atoms with Gasteiger partial charge in [-0.1, -0.05) is 11.8 Å². The van der Waals surface area contributed by atoms with Crippen LogP contribution in [0.4, 0.5) is 0 Å². The summed E-state index contributed by atoms with van der Waals surface area (Å²) < 4.78 is 34.9. The molecule has 1 aromatic carbocycles. The molecule has 8 nitrogen and oxygen atoms in total. The molecule has 0 radical (unpaired) electrons. The van der Waals surface area contributed by atoms with Gasteiger partial charge < -0.3 is 14.0 Å². The lowest BCUT2D eigenvalue weighted by atomic mass is 10.2. The van der Waals surface area contributed by atoms with Gasteiger partial charge in [-0.3, -0.25) is 4.79 Å². The molecule has 0 amide bonds. The summed E-state index contributed by atoms with van der Waals surface area (Å²) in [6, 6.07) is 7.44. The first-order chi connectivity index (χ1) is 12.4. The summed E-state index contributed by atoms with van der Waals surface area (Å²) in [6.45, 7) is 0. The van der Waals surface area contributed by atoms with Crippen LogP contribution in [0.3, 0.4) is 0 Å². The normalized spacial score (nSPS) is 18.6. The summed E-state index contributed by atoms with van der Waals surface area (Å²) in [7, 11) is 0.353. The molecule has 10 heteroatoms. The molecule has 3 rings (SSSR count). The van der Waals surface area contributed by atoms with Crippen LogP contribution in [-0.4, -0.2) is 59.6 Å². The number of hydrogen-bond acceptors (Lipinski definition) is 8. The van der Waals surface area contributed by atoms with E-state index in [0.29, 0.717) is 17.4 Å². The average Bonchev–Trinajstić information content (AvgIpc) is 3.15. The van der Waals surface area contributed by atoms with Gasteiger partial charge in [-0.15, -0.1) is 10.2 Å². The summed E-state index contributed by atoms with van der Waals surface area (Å²) in [5.41, 5.74) is 0.881. The Kier molecular flexibility index (Phi) is 5.52. The Morgan fingerprint density at radius 3 is 2.65 bits per heavy atom. The minimum absolute atomic E-state index is 0.0468. The number of carbonyl (C=O) groups excluding carboxylic acids is 1. The van der Waals surface area contributed by atoms with E-state index < -0.39 is 21.9 Å². The maximum Gasteiger partial charge on any atom is 0.316 e. The molecule has 0 unspecified atom stereocenters. The second kappa shape index (κ2) is 7.67. The van der Waals surface area contributed by atoms with Gasteiger partial charge in [0.25, 0.3) is 0 Å². The van der Waals surface area contributed by atoms with E-state index in [1.165, 1.54) is 11.8 Å². The minimum Gasteiger partial charge on any atom is -0.497 e. The number of ether oxygens (including phenoxy) is 2. The van der Waals surface area contributed by atoms with Crippen LogP contribution in [0, 0.1) is 0 Å². The van der Waals surface area contributed by atoms with Crippen LogP contribution in [0.1, 0.15) is 6.42 Å². The van der Waals surface area contributed by atoms with Crippen molar-refractivity contribution in [2.45, 2.75) is 17.7 Å². The number of thioether (sulfide) groups is 1. The molecule has 1 aromatic heterocycles. The van der Waals surface area contributed by atoms with Gasteiger partial charge in [0.2, 0.25) is 0 Å². The highest BCUT2D eigenvalue weighted by Gasteiger charge is 2.30. The molecule has 0 saturated carbocycles. The van der Waals surface area contributed by atoms with Crippen molar-refractivity contribution in [3.8, 4) is 17.1 Å². The number of nitrogens with zero attached hydrogens (tertiary/aromatic N) is 3. The van der Waals surface area contributed by atoms with Crippen molar-refractivity contribution in [1.82, 2.24) is 14.8 Å². The molecule has 1 aliphatic heterocycles. The van der Waals surface area contributed by atoms with Crippen LogP contribution in [0.15, 0.2) is 29.4 Å². The molecule has 2 aromatic rings. The van der Waals surface area contributed by atoms with Crippen molar-refractivity contribution in [3.63, 3.8) is 0 Å². The Labute approximate surface area is 155 Å². The highest BCUT2D eigenvalue weighted by Crippen LogP contribution is 2.25. The van der Waals surface area contributed by atoms with E-state index in [4.69, 9.17) is 9.47 Å². The van der Waals surface area contributed by atoms with Gasteiger partial charge >= 0.3 is 5.97 Å². The van der Waals surface area contributed by atoms with Gasteiger partial charge in [-0.25, -0.2) is 8.42 Å². The number of carbonyl (C=O) groups is 1. The van der Waals surface area contributed by atoms with E-state index in [9.17, 15) is 13.2 Å². The lowest BCUT2D eigenvalue weighted by Crippen LogP contribution is -2.20. The van der Waals surface area contributed by atoms with Crippen LogP contribution in [0.5, 0.6) is 5.75 Å². The van der Waals surface area contributed by atoms with E-state index in [2.05, 4.69) is 10.2 Å². The lowest BCUT2D eigenvalue weighted by molar-refractivity contribution is -0.144. The number of esters is 1. The molecule has 1 fully saturated rings. The molecule has 140 valence electrons. The Bertz CT molecular complexity index is 893. The maximum absolute atomic E-state index is 11.9. The van der Waals surface area contributed by atoms with Gasteiger partial charge in [-0.2, -0.15) is 0 Å². The lowest BCUT2D eigenvalue weighted by Gasteiger charge is -2.09. The summed E-state index contributed by atoms with van der Waals surface area (Å²) in [5, 5.41) is 8.84. The highest BCUT2D eigenvalue weighted by molar-refractivity contribution is 7.99. The number of aromatic nitrogens is 3. The minimum atomic E-state index is -3.07. The zero-order chi connectivity index (χ0) is 18.7. The number of sulfone groups is 1. The number of rotatable bonds is 6. The standard InChI is InChI=1S/C16H19N3O5S2/c1-19-15(11-3-5-12(23-2)6-4-11)17-18-16(19)25-9-14(20)24-13-7-8-26(21,22)10-13/h3-6,13H,7-10H2,1-2H3/t13-/m0/s1. The van der Waals surface area contributed by atoms with Crippen molar-refractivity contribution in [2.75, 3.05) is 24.4 Å². The van der Waals surface area contributed by atoms with Crippen molar-refractivity contribution in [2.24, 2.45) is 7.05 Å². The monoisotopic (exact) mass is 397 g/mol. The van der Waals surface area contributed by atoms with Gasteiger partial charge in [-0.05, 0) is 30.7 Å². The quantitative estimate of drug-likeness (QED) is 0.531. The van der Waals surface area contributed by atoms with Gasteiger partial charge in [0, 0.05) is 12.6 Å². The predicted molar refractivity (Wildman–Crippen MR) is 96.9 cm³/mol. The van der Waals surface area contributed by atoms with Gasteiger partial charge in [0.05, 0.1) is 24.4 Å². The Hall–Kier alpha value is -2.07. The molecule has 1 aliphatic rings. The molecule has 0 aliphatic carbocycles. The first-order valence-electron chi connectivity index (χ1n) is 7.94. The van der Waals surface area contributed by atoms with Crippen molar-refractivity contribution >= 4 is 27.6 Å². The summed E-state index contributed by atoms with van der Waals surface area (Å²) in [4.78, 5) is 11.9. The molecular formula is C16H19N3O5S2. The molecule has 0 N–H and O–H groups in total. The zero-order valence-corrected chi connectivity index (χ0v) is 16.0. The topological polar surface area (TPSA) is 100 Å². The second-order valence-electron chi connectivity index (χ2n) is 5.90. The first-order valence-corrected chi connectivity index (χ1v) is 10.7. The van der Waals surface area contributed by atoms with Gasteiger partial charge in [0.1, 0.15) is 11.9 Å². The van der Waals surface area contributed by atoms with E-state index >= 15 is 0 Å². The number of benzene rings is 1. The van der Waals surface area contributed by atoms with E-state index in [1.54, 1.807) is 11.7 Å². The fourth-order valence-corrected chi connectivity index (χ4v) is 4.91. The van der Waals surface area contributed by atoms with Crippen molar-refractivity contribution in [1.29, 1.82) is 0 Å². The second-order valence-corrected chi connectivity index (χ2v) is 9.07. The summed E-state index contributed by atoms with van der Waals surface area (Å²) in [6.07, 6.45) is -0.174. The largest absolute Gasteiger partial charge is 0.497 e. The predicted octanol–water partition coefficient (Wildman–Crippen LogP) is 1.31. The Morgan fingerprint density at radius 2 is 2.04 bits per heavy atom. The third-order valence-corrected chi connectivity index (χ3v) is 6.72. The van der Waals surface area contributed by atoms with E-state index in [1.807, 2.05) is 31.3 Å². The molecule has 2 heterocycles. The Balaban J connectivity index is 1.59. The fraction of sp³-hybridized carbons (Fsp3) is 0.438. The van der Waals surface area contributed by atoms with E-state index in [-0.39, 0.29) is 17.3 Å². The Morgan fingerprint density at radius 1 is 1.31 bits per heavy atom. The third-order valence-electron chi connectivity index (χ3n) is 3.99. The van der Waals surface area contributed by atoms with Crippen LogP contribution >= 0.6 is 11.8 Å².